The molecule has 0 atom stereocenters. The molecular weight excluding hydrogens is 174 g/mol. The lowest BCUT2D eigenvalue weighted by atomic mass is 10.1. The predicted molar refractivity (Wildman–Crippen MR) is 58.1 cm³/mol. The summed E-state index contributed by atoms with van der Waals surface area (Å²) in [4.78, 5) is 10.1. The molecule has 1 fully saturated rings. The molecule has 3 heteroatoms. The highest BCUT2D eigenvalue weighted by molar-refractivity contribution is 4.83. The van der Waals surface area contributed by atoms with Gasteiger partial charge in [-0.1, -0.05) is 6.42 Å². The summed E-state index contributed by atoms with van der Waals surface area (Å²) in [5.41, 5.74) is 0. The molecule has 0 aliphatic carbocycles. The smallest absolute Gasteiger partial charge is 0.125 e. The SMILES string of the molecule is CN1CCCCC1.Cc1ncccn1. The van der Waals surface area contributed by atoms with Crippen LogP contribution in [-0.2, 0) is 0 Å². The number of hydrogen-bond acceptors (Lipinski definition) is 3. The first kappa shape index (κ1) is 11.1. The van der Waals surface area contributed by atoms with Gasteiger partial charge in [-0.15, -0.1) is 0 Å². The predicted octanol–water partition coefficient (Wildman–Crippen LogP) is 1.89. The van der Waals surface area contributed by atoms with Crippen LogP contribution in [0.1, 0.15) is 25.1 Å². The molecule has 1 aromatic heterocycles. The van der Waals surface area contributed by atoms with Crippen molar-refractivity contribution in [2.24, 2.45) is 0 Å². The quantitative estimate of drug-likeness (QED) is 0.630. The van der Waals surface area contributed by atoms with Crippen LogP contribution in [0.2, 0.25) is 0 Å². The van der Waals surface area contributed by atoms with E-state index >= 15 is 0 Å². The molecule has 1 aliphatic rings. The molecule has 2 rings (SSSR count). The van der Waals surface area contributed by atoms with Gasteiger partial charge >= 0.3 is 0 Å². The summed E-state index contributed by atoms with van der Waals surface area (Å²) >= 11 is 0. The molecule has 0 spiro atoms. The van der Waals surface area contributed by atoms with E-state index in [1.54, 1.807) is 18.5 Å². The summed E-state index contributed by atoms with van der Waals surface area (Å²) in [6.07, 6.45) is 7.72. The van der Waals surface area contributed by atoms with Crippen LogP contribution >= 0.6 is 0 Å². The Labute approximate surface area is 86.2 Å². The molecule has 0 bridgehead atoms. The summed E-state index contributed by atoms with van der Waals surface area (Å²) in [7, 11) is 2.19. The summed E-state index contributed by atoms with van der Waals surface area (Å²) in [6.45, 7) is 4.50. The van der Waals surface area contributed by atoms with Gasteiger partial charge in [0, 0.05) is 12.4 Å². The lowest BCUT2D eigenvalue weighted by Gasteiger charge is -2.20. The Bertz CT molecular complexity index is 230. The molecule has 78 valence electrons. The zero-order chi connectivity index (χ0) is 10.2. The van der Waals surface area contributed by atoms with Crippen molar-refractivity contribution in [3.8, 4) is 0 Å². The maximum atomic E-state index is 3.87. The number of rotatable bonds is 0. The summed E-state index contributed by atoms with van der Waals surface area (Å²) < 4.78 is 0. The maximum absolute atomic E-state index is 3.87. The Hall–Kier alpha value is -0.960. The standard InChI is InChI=1S/C6H13N.C5H6N2/c1-7-5-3-2-4-6-7;1-5-6-3-2-4-7-5/h2-6H2,1H3;2-4H,1H3. The van der Waals surface area contributed by atoms with Gasteiger partial charge in [0.1, 0.15) is 5.82 Å². The Morgan fingerprint density at radius 3 is 1.93 bits per heavy atom. The molecule has 0 amide bonds. The molecule has 3 nitrogen and oxygen atoms in total. The van der Waals surface area contributed by atoms with Crippen LogP contribution in [0.3, 0.4) is 0 Å². The van der Waals surface area contributed by atoms with Crippen LogP contribution in [-0.4, -0.2) is 35.0 Å². The second-order valence-electron chi connectivity index (χ2n) is 3.66. The van der Waals surface area contributed by atoms with Crippen LogP contribution in [0.15, 0.2) is 18.5 Å². The van der Waals surface area contributed by atoms with Crippen molar-refractivity contribution in [2.45, 2.75) is 26.2 Å². The van der Waals surface area contributed by atoms with Crippen molar-refractivity contribution in [3.05, 3.63) is 24.3 Å². The molecule has 0 N–H and O–H groups in total. The Morgan fingerprint density at radius 2 is 1.64 bits per heavy atom. The second-order valence-corrected chi connectivity index (χ2v) is 3.66. The van der Waals surface area contributed by atoms with E-state index in [1.165, 1.54) is 32.4 Å². The van der Waals surface area contributed by atoms with E-state index in [0.717, 1.165) is 5.82 Å². The van der Waals surface area contributed by atoms with E-state index in [2.05, 4.69) is 21.9 Å². The third kappa shape index (κ3) is 4.92. The van der Waals surface area contributed by atoms with Crippen LogP contribution < -0.4 is 0 Å². The minimum Gasteiger partial charge on any atom is -0.306 e. The van der Waals surface area contributed by atoms with E-state index in [-0.39, 0.29) is 0 Å². The molecule has 1 aromatic rings. The molecular formula is C11H19N3. The minimum absolute atomic E-state index is 0.822. The van der Waals surface area contributed by atoms with Gasteiger partial charge in [0.05, 0.1) is 0 Å². The third-order valence-electron chi connectivity index (χ3n) is 2.27. The van der Waals surface area contributed by atoms with Crippen molar-refractivity contribution in [1.29, 1.82) is 0 Å². The van der Waals surface area contributed by atoms with Crippen LogP contribution in [0, 0.1) is 6.92 Å². The number of likely N-dealkylation sites (tertiary alicyclic amines) is 1. The molecule has 14 heavy (non-hydrogen) atoms. The first-order valence-electron chi connectivity index (χ1n) is 5.21. The number of hydrogen-bond donors (Lipinski definition) is 0. The van der Waals surface area contributed by atoms with E-state index in [4.69, 9.17) is 0 Å². The molecule has 1 aliphatic heterocycles. The second kappa shape index (κ2) is 6.49. The van der Waals surface area contributed by atoms with Crippen molar-refractivity contribution in [2.75, 3.05) is 20.1 Å². The largest absolute Gasteiger partial charge is 0.306 e. The zero-order valence-corrected chi connectivity index (χ0v) is 9.11. The summed E-state index contributed by atoms with van der Waals surface area (Å²) in [5.74, 6) is 0.822. The molecule has 0 saturated carbocycles. The summed E-state index contributed by atoms with van der Waals surface area (Å²) in [6, 6.07) is 1.80. The van der Waals surface area contributed by atoms with E-state index in [1.807, 2.05) is 6.92 Å². The maximum Gasteiger partial charge on any atom is 0.125 e. The lowest BCUT2D eigenvalue weighted by Crippen LogP contribution is -2.24. The van der Waals surface area contributed by atoms with Crippen molar-refractivity contribution >= 4 is 0 Å². The Morgan fingerprint density at radius 1 is 1.07 bits per heavy atom. The van der Waals surface area contributed by atoms with Gasteiger partial charge in [-0.05, 0) is 46.0 Å². The van der Waals surface area contributed by atoms with Crippen molar-refractivity contribution < 1.29 is 0 Å². The molecule has 0 radical (unpaired) electrons. The first-order valence-corrected chi connectivity index (χ1v) is 5.21. The van der Waals surface area contributed by atoms with E-state index in [0.29, 0.717) is 0 Å². The Balaban J connectivity index is 0.000000140. The van der Waals surface area contributed by atoms with Crippen molar-refractivity contribution in [3.63, 3.8) is 0 Å². The van der Waals surface area contributed by atoms with Crippen LogP contribution in [0.5, 0.6) is 0 Å². The van der Waals surface area contributed by atoms with Crippen LogP contribution in [0.25, 0.3) is 0 Å². The number of aromatic nitrogens is 2. The molecule has 0 aromatic carbocycles. The number of piperidine rings is 1. The van der Waals surface area contributed by atoms with Gasteiger partial charge in [-0.2, -0.15) is 0 Å². The monoisotopic (exact) mass is 193 g/mol. The highest BCUT2D eigenvalue weighted by atomic mass is 15.1. The summed E-state index contributed by atoms with van der Waals surface area (Å²) in [5, 5.41) is 0. The first-order chi connectivity index (χ1) is 6.79. The van der Waals surface area contributed by atoms with Gasteiger partial charge in [0.15, 0.2) is 0 Å². The van der Waals surface area contributed by atoms with E-state index in [9.17, 15) is 0 Å². The number of aryl methyl sites for hydroxylation is 1. The van der Waals surface area contributed by atoms with Gasteiger partial charge in [-0.25, -0.2) is 9.97 Å². The average molecular weight is 193 g/mol. The van der Waals surface area contributed by atoms with Gasteiger partial charge in [0.25, 0.3) is 0 Å². The fourth-order valence-electron chi connectivity index (χ4n) is 1.43. The normalized spacial score (nSPS) is 17.0. The zero-order valence-electron chi connectivity index (χ0n) is 9.11. The fraction of sp³-hybridized carbons (Fsp3) is 0.636. The van der Waals surface area contributed by atoms with Gasteiger partial charge in [-0.3, -0.25) is 0 Å². The van der Waals surface area contributed by atoms with Crippen LogP contribution in [0.4, 0.5) is 0 Å². The average Bonchev–Trinajstić information content (AvgIpc) is 2.21. The Kier molecular flexibility index (Phi) is 5.15. The highest BCUT2D eigenvalue weighted by Crippen LogP contribution is 2.04. The van der Waals surface area contributed by atoms with Crippen molar-refractivity contribution in [1.82, 2.24) is 14.9 Å². The highest BCUT2D eigenvalue weighted by Gasteiger charge is 2.02. The molecule has 2 heterocycles. The minimum atomic E-state index is 0.822. The van der Waals surface area contributed by atoms with Gasteiger partial charge in [0.2, 0.25) is 0 Å². The van der Waals surface area contributed by atoms with E-state index < -0.39 is 0 Å². The topological polar surface area (TPSA) is 29.0 Å². The van der Waals surface area contributed by atoms with Gasteiger partial charge < -0.3 is 4.90 Å². The number of nitrogens with zero attached hydrogens (tertiary/aromatic N) is 3. The molecule has 0 unspecified atom stereocenters. The molecule has 1 saturated heterocycles. The fourth-order valence-corrected chi connectivity index (χ4v) is 1.43. The lowest BCUT2D eigenvalue weighted by molar-refractivity contribution is 0.277. The third-order valence-corrected chi connectivity index (χ3v) is 2.27.